The number of carbonyl (C=O) groups is 1. The molecule has 1 aliphatic heterocycles. The van der Waals surface area contributed by atoms with Crippen LogP contribution in [0.5, 0.6) is 0 Å². The molecule has 0 saturated carbocycles. The first-order valence-electron chi connectivity index (χ1n) is 9.03. The van der Waals surface area contributed by atoms with E-state index < -0.39 is 11.6 Å². The van der Waals surface area contributed by atoms with Gasteiger partial charge in [0.2, 0.25) is 0 Å². The lowest BCUT2D eigenvalue weighted by Gasteiger charge is -2.34. The Balaban J connectivity index is 1.94. The lowest BCUT2D eigenvalue weighted by Crippen LogP contribution is -2.48. The fraction of sp³-hybridized carbons (Fsp3) is 0.579. The zero-order chi connectivity index (χ0) is 19.1. The van der Waals surface area contributed by atoms with E-state index in [1.807, 2.05) is 11.8 Å². The average molecular weight is 367 g/mol. The van der Waals surface area contributed by atoms with Crippen LogP contribution in [-0.2, 0) is 9.53 Å². The predicted molar refractivity (Wildman–Crippen MR) is 97.1 cm³/mol. The second-order valence-electron chi connectivity index (χ2n) is 6.54. The summed E-state index contributed by atoms with van der Waals surface area (Å²) in [5, 5.41) is 3.27. The Kier molecular flexibility index (Phi) is 7.36. The van der Waals surface area contributed by atoms with Gasteiger partial charge in [-0.3, -0.25) is 9.79 Å². The van der Waals surface area contributed by atoms with Gasteiger partial charge >= 0.3 is 5.97 Å². The largest absolute Gasteiger partial charge is 0.466 e. The van der Waals surface area contributed by atoms with Crippen LogP contribution in [0, 0.1) is 17.6 Å². The molecule has 2 rings (SSSR count). The van der Waals surface area contributed by atoms with Gasteiger partial charge in [-0.2, -0.15) is 0 Å². The van der Waals surface area contributed by atoms with Crippen LogP contribution in [0.3, 0.4) is 0 Å². The van der Waals surface area contributed by atoms with Gasteiger partial charge < -0.3 is 15.0 Å². The summed E-state index contributed by atoms with van der Waals surface area (Å²) in [4.78, 5) is 18.3. The van der Waals surface area contributed by atoms with Gasteiger partial charge in [0.15, 0.2) is 17.6 Å². The number of carbonyl (C=O) groups excluding carboxylic acids is 1. The smallest absolute Gasteiger partial charge is 0.310 e. The highest BCUT2D eigenvalue weighted by Crippen LogP contribution is 2.20. The van der Waals surface area contributed by atoms with Crippen molar-refractivity contribution in [3.05, 3.63) is 35.4 Å². The second kappa shape index (κ2) is 9.50. The van der Waals surface area contributed by atoms with Gasteiger partial charge in [0.1, 0.15) is 0 Å². The lowest BCUT2D eigenvalue weighted by atomic mass is 9.98. The molecule has 0 aliphatic carbocycles. The Bertz CT molecular complexity index is 652. The molecule has 1 fully saturated rings. The Morgan fingerprint density at radius 3 is 2.85 bits per heavy atom. The second-order valence-corrected chi connectivity index (χ2v) is 6.54. The number of aliphatic imine (C=N–C) groups is 1. The first-order chi connectivity index (χ1) is 12.5. The van der Waals surface area contributed by atoms with Crippen molar-refractivity contribution < 1.29 is 18.3 Å². The minimum absolute atomic E-state index is 0.0208. The number of piperidine rings is 1. The van der Waals surface area contributed by atoms with Crippen molar-refractivity contribution in [2.75, 3.05) is 33.3 Å². The number of nitrogens with one attached hydrogen (secondary N) is 1. The minimum atomic E-state index is -0.844. The van der Waals surface area contributed by atoms with Crippen LogP contribution in [0.25, 0.3) is 0 Å². The molecule has 1 aromatic rings. The van der Waals surface area contributed by atoms with Crippen molar-refractivity contribution in [2.45, 2.75) is 32.6 Å². The molecule has 7 heteroatoms. The Morgan fingerprint density at radius 1 is 1.42 bits per heavy atom. The number of esters is 1. The molecule has 0 spiro atoms. The lowest BCUT2D eigenvalue weighted by molar-refractivity contribution is -0.149. The van der Waals surface area contributed by atoms with E-state index in [0.29, 0.717) is 25.7 Å². The van der Waals surface area contributed by atoms with Crippen molar-refractivity contribution in [3.63, 3.8) is 0 Å². The zero-order valence-electron chi connectivity index (χ0n) is 15.6. The SMILES string of the molecule is CCOC(=O)[C@H]1CCCN(C(=NC)NCC(C)c2ccc(F)c(F)c2)C1. The summed E-state index contributed by atoms with van der Waals surface area (Å²) < 4.78 is 31.6. The van der Waals surface area contributed by atoms with Crippen LogP contribution < -0.4 is 5.32 Å². The summed E-state index contributed by atoms with van der Waals surface area (Å²) in [7, 11) is 1.69. The Hall–Kier alpha value is -2.18. The summed E-state index contributed by atoms with van der Waals surface area (Å²) in [5.74, 6) is -1.32. The van der Waals surface area contributed by atoms with Crippen LogP contribution in [0.2, 0.25) is 0 Å². The van der Waals surface area contributed by atoms with Crippen molar-refractivity contribution in [1.82, 2.24) is 10.2 Å². The van der Waals surface area contributed by atoms with E-state index in [9.17, 15) is 13.6 Å². The fourth-order valence-electron chi connectivity index (χ4n) is 3.14. The number of nitrogens with zero attached hydrogens (tertiary/aromatic N) is 2. The summed E-state index contributed by atoms with van der Waals surface area (Å²) >= 11 is 0. The number of hydrogen-bond acceptors (Lipinski definition) is 3. The van der Waals surface area contributed by atoms with Gasteiger partial charge in [-0.15, -0.1) is 0 Å². The average Bonchev–Trinajstić information content (AvgIpc) is 2.64. The van der Waals surface area contributed by atoms with Crippen LogP contribution in [-0.4, -0.2) is 50.1 Å². The maximum Gasteiger partial charge on any atom is 0.310 e. The molecular formula is C19H27F2N3O2. The van der Waals surface area contributed by atoms with Crippen molar-refractivity contribution in [1.29, 1.82) is 0 Å². The van der Waals surface area contributed by atoms with Gasteiger partial charge in [-0.1, -0.05) is 13.0 Å². The molecule has 5 nitrogen and oxygen atoms in total. The molecule has 1 unspecified atom stereocenters. The molecule has 1 aliphatic rings. The Morgan fingerprint density at radius 2 is 2.19 bits per heavy atom. The summed E-state index contributed by atoms with van der Waals surface area (Å²) in [6.07, 6.45) is 1.71. The number of ether oxygens (including phenoxy) is 1. The molecule has 1 saturated heterocycles. The van der Waals surface area contributed by atoms with Gasteiger partial charge in [0, 0.05) is 26.7 Å². The van der Waals surface area contributed by atoms with Crippen LogP contribution >= 0.6 is 0 Å². The van der Waals surface area contributed by atoms with Crippen molar-refractivity contribution in [2.24, 2.45) is 10.9 Å². The highest BCUT2D eigenvalue weighted by atomic mass is 19.2. The normalized spacial score (nSPS) is 19.2. The quantitative estimate of drug-likeness (QED) is 0.494. The molecule has 0 aromatic heterocycles. The number of benzene rings is 1. The summed E-state index contributed by atoms with van der Waals surface area (Å²) in [5.41, 5.74) is 0.717. The zero-order valence-corrected chi connectivity index (χ0v) is 15.6. The van der Waals surface area contributed by atoms with E-state index >= 15 is 0 Å². The number of likely N-dealkylation sites (tertiary alicyclic amines) is 1. The maximum absolute atomic E-state index is 13.4. The van der Waals surface area contributed by atoms with Crippen LogP contribution in [0.15, 0.2) is 23.2 Å². The number of halogens is 2. The van der Waals surface area contributed by atoms with E-state index in [1.54, 1.807) is 20.0 Å². The Labute approximate surface area is 153 Å². The highest BCUT2D eigenvalue weighted by molar-refractivity contribution is 5.81. The molecular weight excluding hydrogens is 340 g/mol. The van der Waals surface area contributed by atoms with E-state index in [0.717, 1.165) is 31.0 Å². The summed E-state index contributed by atoms with van der Waals surface area (Å²) in [6, 6.07) is 3.96. The van der Waals surface area contributed by atoms with E-state index in [-0.39, 0.29) is 17.8 Å². The van der Waals surface area contributed by atoms with E-state index in [2.05, 4.69) is 10.3 Å². The topological polar surface area (TPSA) is 53.9 Å². The van der Waals surface area contributed by atoms with Crippen LogP contribution in [0.1, 0.15) is 38.2 Å². The van der Waals surface area contributed by atoms with Gasteiger partial charge in [-0.05, 0) is 43.4 Å². The van der Waals surface area contributed by atoms with E-state index in [1.165, 1.54) is 6.07 Å². The van der Waals surface area contributed by atoms with Crippen molar-refractivity contribution in [3.8, 4) is 0 Å². The molecule has 1 aromatic carbocycles. The molecule has 0 amide bonds. The number of guanidine groups is 1. The third-order valence-corrected chi connectivity index (χ3v) is 4.63. The first kappa shape index (κ1) is 20.1. The molecule has 1 heterocycles. The standard InChI is InChI=1S/C19H27F2N3O2/c1-4-26-18(25)15-6-5-9-24(12-15)19(22-3)23-11-13(2)14-7-8-16(20)17(21)10-14/h7-8,10,13,15H,4-6,9,11-12H2,1-3H3,(H,22,23)/t13?,15-/m0/s1. The monoisotopic (exact) mass is 367 g/mol. The minimum Gasteiger partial charge on any atom is -0.466 e. The molecule has 0 bridgehead atoms. The molecule has 1 N–H and O–H groups in total. The van der Waals surface area contributed by atoms with Gasteiger partial charge in [0.25, 0.3) is 0 Å². The van der Waals surface area contributed by atoms with Crippen LogP contribution in [0.4, 0.5) is 8.78 Å². The molecule has 0 radical (unpaired) electrons. The van der Waals surface area contributed by atoms with Gasteiger partial charge in [-0.25, -0.2) is 8.78 Å². The highest BCUT2D eigenvalue weighted by Gasteiger charge is 2.28. The van der Waals surface area contributed by atoms with E-state index in [4.69, 9.17) is 4.74 Å². The third kappa shape index (κ3) is 5.16. The summed E-state index contributed by atoms with van der Waals surface area (Å²) in [6.45, 7) is 6.03. The fourth-order valence-corrected chi connectivity index (χ4v) is 3.14. The van der Waals surface area contributed by atoms with Crippen molar-refractivity contribution >= 4 is 11.9 Å². The maximum atomic E-state index is 13.4. The molecule has 26 heavy (non-hydrogen) atoms. The predicted octanol–water partition coefficient (Wildman–Crippen LogP) is 2.92. The molecule has 2 atom stereocenters. The number of hydrogen-bond donors (Lipinski definition) is 1. The number of rotatable bonds is 5. The third-order valence-electron chi connectivity index (χ3n) is 4.63. The molecule has 144 valence electrons. The first-order valence-corrected chi connectivity index (χ1v) is 9.03. The van der Waals surface area contributed by atoms with Gasteiger partial charge in [0.05, 0.1) is 12.5 Å².